The number of hydrogen-bond acceptors (Lipinski definition) is 5. The fourth-order valence-corrected chi connectivity index (χ4v) is 4.95. The van der Waals surface area contributed by atoms with Crippen molar-refractivity contribution in [3.63, 3.8) is 0 Å². The van der Waals surface area contributed by atoms with E-state index in [9.17, 15) is 0 Å². The Kier molecular flexibility index (Phi) is 5.22. The van der Waals surface area contributed by atoms with Crippen LogP contribution in [0.2, 0.25) is 0 Å². The number of thiophene rings is 1. The molecule has 0 unspecified atom stereocenters. The van der Waals surface area contributed by atoms with E-state index in [-0.39, 0.29) is 0 Å². The first kappa shape index (κ1) is 18.9. The van der Waals surface area contributed by atoms with Gasteiger partial charge in [0.2, 0.25) is 0 Å². The van der Waals surface area contributed by atoms with Gasteiger partial charge in [-0.05, 0) is 66.7 Å². The molecule has 3 heterocycles. The Balaban J connectivity index is 1.38. The van der Waals surface area contributed by atoms with Crippen LogP contribution in [0.1, 0.15) is 24.0 Å². The molecule has 1 N–H and O–H groups in total. The van der Waals surface area contributed by atoms with Crippen molar-refractivity contribution >= 4 is 33.6 Å². The lowest BCUT2D eigenvalue weighted by Crippen LogP contribution is -2.38. The van der Waals surface area contributed by atoms with Crippen LogP contribution in [0.25, 0.3) is 10.9 Å². The van der Waals surface area contributed by atoms with E-state index in [0.29, 0.717) is 6.04 Å². The maximum atomic E-state index is 9.03. The van der Waals surface area contributed by atoms with Gasteiger partial charge in [0, 0.05) is 35.6 Å². The molecule has 0 amide bonds. The molecule has 1 aliphatic heterocycles. The van der Waals surface area contributed by atoms with Crippen molar-refractivity contribution in [2.75, 3.05) is 18.0 Å². The van der Waals surface area contributed by atoms with Gasteiger partial charge in [0.05, 0.1) is 29.0 Å². The Morgan fingerprint density at radius 2 is 2.07 bits per heavy atom. The van der Waals surface area contributed by atoms with Crippen molar-refractivity contribution in [2.24, 2.45) is 0 Å². The first-order valence-electron chi connectivity index (χ1n) is 10.3. The number of nitrogens with one attached hydrogen (secondary N) is 1. The summed E-state index contributed by atoms with van der Waals surface area (Å²) in [7, 11) is 0. The lowest BCUT2D eigenvalue weighted by molar-refractivity contribution is 0.250. The molecule has 1 fully saturated rings. The second-order valence-corrected chi connectivity index (χ2v) is 8.59. The third kappa shape index (κ3) is 3.82. The number of nitriles is 1. The Hall–Kier alpha value is -3.14. The number of likely N-dealkylation sites (tertiary alicyclic amines) is 1. The molecule has 1 atom stereocenters. The van der Waals surface area contributed by atoms with Crippen LogP contribution < -0.4 is 4.90 Å². The number of nitrogens with zero attached hydrogens (tertiary/aromatic N) is 4. The number of fused-ring (bicyclic) bond motifs is 1. The van der Waals surface area contributed by atoms with Crippen molar-refractivity contribution in [3.8, 4) is 6.07 Å². The highest BCUT2D eigenvalue weighted by Crippen LogP contribution is 2.32. The number of hydrogen-bond donors (Lipinski definition) is 1. The van der Waals surface area contributed by atoms with E-state index in [4.69, 9.17) is 5.26 Å². The minimum atomic E-state index is 0.484. The van der Waals surface area contributed by atoms with Crippen molar-refractivity contribution in [2.45, 2.75) is 25.4 Å². The SMILES string of the molecule is N#Cc1ccc(CN2CCC[C@@H]2CN(c2ccsc2)c2ccc3cn[nH]c3c2)cc1. The van der Waals surface area contributed by atoms with Gasteiger partial charge >= 0.3 is 0 Å². The predicted octanol–water partition coefficient (Wildman–Crippen LogP) is 5.30. The zero-order valence-electron chi connectivity index (χ0n) is 16.7. The zero-order chi connectivity index (χ0) is 20.3. The van der Waals surface area contributed by atoms with Crippen LogP contribution in [-0.2, 0) is 6.54 Å². The van der Waals surface area contributed by atoms with Gasteiger partial charge in [-0.3, -0.25) is 10.00 Å². The maximum Gasteiger partial charge on any atom is 0.0991 e. The molecule has 2 aromatic carbocycles. The Morgan fingerprint density at radius 1 is 1.17 bits per heavy atom. The molecular formula is C24H23N5S. The molecule has 1 aliphatic rings. The molecule has 0 radical (unpaired) electrons. The predicted molar refractivity (Wildman–Crippen MR) is 122 cm³/mol. The van der Waals surface area contributed by atoms with Gasteiger partial charge in [0.15, 0.2) is 0 Å². The largest absolute Gasteiger partial charge is 0.339 e. The number of aromatic nitrogens is 2. The first-order valence-corrected chi connectivity index (χ1v) is 11.2. The molecule has 0 spiro atoms. The van der Waals surface area contributed by atoms with E-state index in [0.717, 1.165) is 36.1 Å². The summed E-state index contributed by atoms with van der Waals surface area (Å²) in [6.07, 6.45) is 4.28. The fraction of sp³-hybridized carbons (Fsp3) is 0.250. The normalized spacial score (nSPS) is 16.7. The van der Waals surface area contributed by atoms with Gasteiger partial charge < -0.3 is 4.90 Å². The smallest absolute Gasteiger partial charge is 0.0991 e. The summed E-state index contributed by atoms with van der Waals surface area (Å²) in [6.45, 7) is 2.99. The minimum Gasteiger partial charge on any atom is -0.339 e. The summed E-state index contributed by atoms with van der Waals surface area (Å²) in [5, 5.41) is 21.8. The summed E-state index contributed by atoms with van der Waals surface area (Å²) < 4.78 is 0. The third-order valence-electron chi connectivity index (χ3n) is 5.92. The first-order chi connectivity index (χ1) is 14.8. The van der Waals surface area contributed by atoms with E-state index in [1.807, 2.05) is 18.3 Å². The molecule has 0 saturated carbocycles. The topological polar surface area (TPSA) is 59.0 Å². The van der Waals surface area contributed by atoms with Crippen LogP contribution in [-0.4, -0.2) is 34.2 Å². The van der Waals surface area contributed by atoms with Crippen molar-refractivity contribution in [3.05, 3.63) is 76.6 Å². The van der Waals surface area contributed by atoms with Gasteiger partial charge in [-0.2, -0.15) is 21.7 Å². The van der Waals surface area contributed by atoms with E-state index in [2.05, 4.69) is 73.2 Å². The van der Waals surface area contributed by atoms with Gasteiger partial charge in [0.1, 0.15) is 0 Å². The van der Waals surface area contributed by atoms with Crippen LogP contribution >= 0.6 is 11.3 Å². The molecule has 4 aromatic rings. The molecule has 150 valence electrons. The summed E-state index contributed by atoms with van der Waals surface area (Å²) >= 11 is 1.73. The second-order valence-electron chi connectivity index (χ2n) is 7.81. The number of H-pyrrole nitrogens is 1. The summed E-state index contributed by atoms with van der Waals surface area (Å²) in [5.41, 5.74) is 5.48. The lowest BCUT2D eigenvalue weighted by atomic mass is 10.1. The highest BCUT2D eigenvalue weighted by molar-refractivity contribution is 7.08. The highest BCUT2D eigenvalue weighted by Gasteiger charge is 2.27. The molecule has 0 bridgehead atoms. The minimum absolute atomic E-state index is 0.484. The van der Waals surface area contributed by atoms with E-state index in [1.54, 1.807) is 11.3 Å². The molecular weight excluding hydrogens is 390 g/mol. The molecule has 1 saturated heterocycles. The number of rotatable bonds is 6. The molecule has 5 nitrogen and oxygen atoms in total. The van der Waals surface area contributed by atoms with E-state index >= 15 is 0 Å². The van der Waals surface area contributed by atoms with Gasteiger partial charge in [-0.1, -0.05) is 12.1 Å². The van der Waals surface area contributed by atoms with Crippen LogP contribution in [0, 0.1) is 11.3 Å². The highest BCUT2D eigenvalue weighted by atomic mass is 32.1. The van der Waals surface area contributed by atoms with Crippen LogP contribution in [0.3, 0.4) is 0 Å². The third-order valence-corrected chi connectivity index (χ3v) is 6.59. The average Bonchev–Trinajstić information content (AvgIpc) is 3.54. The molecule has 0 aliphatic carbocycles. The van der Waals surface area contributed by atoms with Crippen molar-refractivity contribution < 1.29 is 0 Å². The molecule has 6 heteroatoms. The lowest BCUT2D eigenvalue weighted by Gasteiger charge is -2.32. The quantitative estimate of drug-likeness (QED) is 0.466. The van der Waals surface area contributed by atoms with E-state index in [1.165, 1.54) is 29.8 Å². The Morgan fingerprint density at radius 3 is 2.87 bits per heavy atom. The number of anilines is 2. The fourth-order valence-electron chi connectivity index (χ4n) is 4.30. The summed E-state index contributed by atoms with van der Waals surface area (Å²) in [4.78, 5) is 5.01. The van der Waals surface area contributed by atoms with Gasteiger partial charge in [0.25, 0.3) is 0 Å². The average molecular weight is 414 g/mol. The van der Waals surface area contributed by atoms with Gasteiger partial charge in [-0.25, -0.2) is 0 Å². The zero-order valence-corrected chi connectivity index (χ0v) is 17.5. The standard InChI is InChI=1S/C24H23N5S/c25-13-18-3-5-19(6-4-18)15-28-10-1-2-22(28)16-29(23-9-11-30-17-23)21-8-7-20-14-26-27-24(20)12-21/h3-9,11-12,14,17,22H,1-2,10,15-16H2,(H,26,27)/t22-/m1/s1. The van der Waals surface area contributed by atoms with Crippen LogP contribution in [0.5, 0.6) is 0 Å². The number of benzene rings is 2. The number of aromatic amines is 1. The summed E-state index contributed by atoms with van der Waals surface area (Å²) in [6, 6.07) is 19.4. The molecule has 30 heavy (non-hydrogen) atoms. The maximum absolute atomic E-state index is 9.03. The van der Waals surface area contributed by atoms with Crippen LogP contribution in [0.15, 0.2) is 65.5 Å². The Bertz CT molecular complexity index is 1160. The molecule has 2 aromatic heterocycles. The molecule has 5 rings (SSSR count). The van der Waals surface area contributed by atoms with Crippen molar-refractivity contribution in [1.29, 1.82) is 5.26 Å². The monoisotopic (exact) mass is 413 g/mol. The Labute approximate surface area is 180 Å². The summed E-state index contributed by atoms with van der Waals surface area (Å²) in [5.74, 6) is 0. The second kappa shape index (κ2) is 8.31. The van der Waals surface area contributed by atoms with Crippen molar-refractivity contribution in [1.82, 2.24) is 15.1 Å². The van der Waals surface area contributed by atoms with Crippen LogP contribution in [0.4, 0.5) is 11.4 Å². The van der Waals surface area contributed by atoms with E-state index < -0.39 is 0 Å². The van der Waals surface area contributed by atoms with Gasteiger partial charge in [-0.15, -0.1) is 0 Å².